The average Bonchev–Trinajstić information content (AvgIpc) is 2.56. The molecule has 0 spiro atoms. The summed E-state index contributed by atoms with van der Waals surface area (Å²) < 4.78 is 0. The highest BCUT2D eigenvalue weighted by Crippen LogP contribution is 2.42. The van der Waals surface area contributed by atoms with Crippen molar-refractivity contribution in [1.82, 2.24) is 0 Å². The summed E-state index contributed by atoms with van der Waals surface area (Å²) in [7, 11) is 0. The van der Waals surface area contributed by atoms with E-state index < -0.39 is 0 Å². The molecule has 2 aliphatic rings. The van der Waals surface area contributed by atoms with Gasteiger partial charge >= 0.3 is 0 Å². The van der Waals surface area contributed by atoms with Crippen molar-refractivity contribution >= 4 is 5.69 Å². The molecular formula is C19H30N2. The number of hydrogen-bond acceptors (Lipinski definition) is 2. The molecule has 0 bridgehead atoms. The third-order valence-electron chi connectivity index (χ3n) is 5.80. The predicted molar refractivity (Wildman–Crippen MR) is 90.8 cm³/mol. The van der Waals surface area contributed by atoms with Gasteiger partial charge in [0.2, 0.25) is 0 Å². The van der Waals surface area contributed by atoms with Crippen LogP contribution in [0.2, 0.25) is 0 Å². The minimum absolute atomic E-state index is 0.223. The van der Waals surface area contributed by atoms with E-state index in [-0.39, 0.29) is 5.54 Å². The monoisotopic (exact) mass is 286 g/mol. The van der Waals surface area contributed by atoms with E-state index in [1.807, 2.05) is 0 Å². The van der Waals surface area contributed by atoms with Crippen LogP contribution >= 0.6 is 0 Å². The highest BCUT2D eigenvalue weighted by Gasteiger charge is 2.40. The number of aryl methyl sites for hydroxylation is 1. The fourth-order valence-corrected chi connectivity index (χ4v) is 4.52. The molecule has 1 aromatic carbocycles. The van der Waals surface area contributed by atoms with Crippen LogP contribution in [0.3, 0.4) is 0 Å². The van der Waals surface area contributed by atoms with E-state index >= 15 is 0 Å². The lowest BCUT2D eigenvalue weighted by Gasteiger charge is -2.51. The van der Waals surface area contributed by atoms with Crippen LogP contribution in [0.25, 0.3) is 0 Å². The van der Waals surface area contributed by atoms with E-state index in [9.17, 15) is 0 Å². The van der Waals surface area contributed by atoms with E-state index in [1.165, 1.54) is 69.2 Å². The third-order valence-corrected chi connectivity index (χ3v) is 5.80. The average molecular weight is 286 g/mol. The first-order valence-electron chi connectivity index (χ1n) is 8.85. The minimum atomic E-state index is 0.223. The molecule has 1 aliphatic carbocycles. The second kappa shape index (κ2) is 6.39. The zero-order valence-corrected chi connectivity index (χ0v) is 13.5. The van der Waals surface area contributed by atoms with Gasteiger partial charge in [0.1, 0.15) is 0 Å². The van der Waals surface area contributed by atoms with Gasteiger partial charge < -0.3 is 10.6 Å². The van der Waals surface area contributed by atoms with Crippen molar-refractivity contribution in [3.05, 3.63) is 29.8 Å². The maximum Gasteiger partial charge on any atom is 0.0524 e. The molecule has 1 aliphatic heterocycles. The van der Waals surface area contributed by atoms with Crippen LogP contribution in [-0.4, -0.2) is 18.6 Å². The summed E-state index contributed by atoms with van der Waals surface area (Å²) in [5.41, 5.74) is 9.51. The number of para-hydroxylation sites is 1. The van der Waals surface area contributed by atoms with Crippen molar-refractivity contribution in [3.8, 4) is 0 Å². The SMILES string of the molecule is CCCC1CCC(CN)(N2CCCc3ccccc32)CC1. The molecule has 1 heterocycles. The van der Waals surface area contributed by atoms with Gasteiger partial charge in [-0.3, -0.25) is 0 Å². The summed E-state index contributed by atoms with van der Waals surface area (Å²) in [4.78, 5) is 2.67. The lowest BCUT2D eigenvalue weighted by Crippen LogP contribution is -2.57. The van der Waals surface area contributed by atoms with Crippen molar-refractivity contribution in [2.75, 3.05) is 18.0 Å². The molecule has 21 heavy (non-hydrogen) atoms. The molecule has 1 saturated carbocycles. The second-order valence-corrected chi connectivity index (χ2v) is 7.04. The Kier molecular flexibility index (Phi) is 4.54. The largest absolute Gasteiger partial charge is 0.364 e. The standard InChI is InChI=1S/C19H30N2/c1-2-6-16-10-12-19(15-20,13-11-16)21-14-5-8-17-7-3-4-9-18(17)21/h3-4,7,9,16H,2,5-6,8,10-15,20H2,1H3. The van der Waals surface area contributed by atoms with Gasteiger partial charge in [-0.15, -0.1) is 0 Å². The summed E-state index contributed by atoms with van der Waals surface area (Å²) in [6.45, 7) is 4.30. The van der Waals surface area contributed by atoms with Gasteiger partial charge in [0.05, 0.1) is 5.54 Å². The number of nitrogens with zero attached hydrogens (tertiary/aromatic N) is 1. The molecule has 0 saturated heterocycles. The molecular weight excluding hydrogens is 256 g/mol. The molecule has 0 aromatic heterocycles. The van der Waals surface area contributed by atoms with Crippen LogP contribution in [0.15, 0.2) is 24.3 Å². The van der Waals surface area contributed by atoms with Gasteiger partial charge in [-0.25, -0.2) is 0 Å². The second-order valence-electron chi connectivity index (χ2n) is 7.04. The van der Waals surface area contributed by atoms with Gasteiger partial charge in [0.25, 0.3) is 0 Å². The summed E-state index contributed by atoms with van der Waals surface area (Å²) in [6, 6.07) is 8.97. The van der Waals surface area contributed by atoms with Gasteiger partial charge in [-0.2, -0.15) is 0 Å². The molecule has 2 N–H and O–H groups in total. The smallest absolute Gasteiger partial charge is 0.0524 e. The van der Waals surface area contributed by atoms with Crippen LogP contribution in [0.5, 0.6) is 0 Å². The minimum Gasteiger partial charge on any atom is -0.364 e. The molecule has 3 rings (SSSR count). The Hall–Kier alpha value is -1.02. The van der Waals surface area contributed by atoms with Crippen molar-refractivity contribution in [2.24, 2.45) is 11.7 Å². The van der Waals surface area contributed by atoms with Gasteiger partial charge in [0, 0.05) is 18.8 Å². The summed E-state index contributed by atoms with van der Waals surface area (Å²) in [5, 5.41) is 0. The van der Waals surface area contributed by atoms with E-state index in [1.54, 1.807) is 0 Å². The highest BCUT2D eigenvalue weighted by atomic mass is 15.2. The molecule has 0 radical (unpaired) electrons. The van der Waals surface area contributed by atoms with E-state index in [2.05, 4.69) is 36.1 Å². The Morgan fingerprint density at radius 2 is 2.00 bits per heavy atom. The number of nitrogens with two attached hydrogens (primary N) is 1. The molecule has 0 amide bonds. The first kappa shape index (κ1) is 14.9. The molecule has 1 aromatic rings. The number of rotatable bonds is 4. The maximum absolute atomic E-state index is 6.30. The predicted octanol–water partition coefficient (Wildman–Crippen LogP) is 4.13. The van der Waals surface area contributed by atoms with Gasteiger partial charge in [-0.05, 0) is 56.1 Å². The van der Waals surface area contributed by atoms with E-state index in [0.29, 0.717) is 0 Å². The van der Waals surface area contributed by atoms with E-state index in [4.69, 9.17) is 5.73 Å². The number of fused-ring (bicyclic) bond motifs is 1. The Labute approximate surface area is 129 Å². The summed E-state index contributed by atoms with van der Waals surface area (Å²) in [6.07, 6.45) is 10.5. The molecule has 2 heteroatoms. The quantitative estimate of drug-likeness (QED) is 0.902. The van der Waals surface area contributed by atoms with Crippen LogP contribution in [0, 0.1) is 5.92 Å². The Morgan fingerprint density at radius 3 is 2.71 bits per heavy atom. The Morgan fingerprint density at radius 1 is 1.24 bits per heavy atom. The Balaban J connectivity index is 1.81. The topological polar surface area (TPSA) is 29.3 Å². The van der Waals surface area contributed by atoms with Crippen molar-refractivity contribution < 1.29 is 0 Å². The van der Waals surface area contributed by atoms with Crippen molar-refractivity contribution in [2.45, 2.75) is 63.8 Å². The van der Waals surface area contributed by atoms with Crippen LogP contribution in [0.4, 0.5) is 5.69 Å². The Bertz CT molecular complexity index is 460. The molecule has 2 nitrogen and oxygen atoms in total. The molecule has 0 atom stereocenters. The molecule has 0 unspecified atom stereocenters. The lowest BCUT2D eigenvalue weighted by atomic mass is 9.73. The van der Waals surface area contributed by atoms with Gasteiger partial charge in [-0.1, -0.05) is 38.0 Å². The van der Waals surface area contributed by atoms with E-state index in [0.717, 1.165) is 12.5 Å². The zero-order chi connectivity index (χ0) is 14.7. The fourth-order valence-electron chi connectivity index (χ4n) is 4.52. The van der Waals surface area contributed by atoms with Crippen LogP contribution in [0.1, 0.15) is 57.4 Å². The normalized spacial score (nSPS) is 29.2. The molecule has 116 valence electrons. The fraction of sp³-hybridized carbons (Fsp3) is 0.684. The third kappa shape index (κ3) is 2.83. The lowest BCUT2D eigenvalue weighted by molar-refractivity contribution is 0.214. The van der Waals surface area contributed by atoms with Crippen LogP contribution < -0.4 is 10.6 Å². The maximum atomic E-state index is 6.30. The van der Waals surface area contributed by atoms with Crippen LogP contribution in [-0.2, 0) is 6.42 Å². The van der Waals surface area contributed by atoms with Crippen molar-refractivity contribution in [3.63, 3.8) is 0 Å². The highest BCUT2D eigenvalue weighted by molar-refractivity contribution is 5.57. The first-order chi connectivity index (χ1) is 10.3. The summed E-state index contributed by atoms with van der Waals surface area (Å²) >= 11 is 0. The number of benzene rings is 1. The van der Waals surface area contributed by atoms with Crippen molar-refractivity contribution in [1.29, 1.82) is 0 Å². The summed E-state index contributed by atoms with van der Waals surface area (Å²) in [5.74, 6) is 0.940. The number of hydrogen-bond donors (Lipinski definition) is 1. The molecule has 1 fully saturated rings. The number of anilines is 1. The first-order valence-corrected chi connectivity index (χ1v) is 8.85. The zero-order valence-electron chi connectivity index (χ0n) is 13.5. The van der Waals surface area contributed by atoms with Gasteiger partial charge in [0.15, 0.2) is 0 Å².